The van der Waals surface area contributed by atoms with E-state index in [0.29, 0.717) is 24.2 Å². The summed E-state index contributed by atoms with van der Waals surface area (Å²) < 4.78 is 0. The molecule has 5 nitrogen and oxygen atoms in total. The third-order valence-electron chi connectivity index (χ3n) is 4.50. The zero-order valence-corrected chi connectivity index (χ0v) is 11.8. The lowest BCUT2D eigenvalue weighted by Crippen LogP contribution is -2.65. The summed E-state index contributed by atoms with van der Waals surface area (Å²) in [5.74, 6) is -0.135. The topological polar surface area (TPSA) is 73.2 Å². The number of nitrogens with one attached hydrogen (secondary N) is 1. The molecule has 1 N–H and O–H groups in total. The molecule has 1 aromatic rings. The van der Waals surface area contributed by atoms with Crippen LogP contribution in [0.25, 0.3) is 0 Å². The zero-order chi connectivity index (χ0) is 14.9. The van der Waals surface area contributed by atoms with E-state index in [9.17, 15) is 9.59 Å². The van der Waals surface area contributed by atoms with Crippen molar-refractivity contribution in [2.45, 2.75) is 31.2 Å². The van der Waals surface area contributed by atoms with E-state index >= 15 is 0 Å². The second-order valence-electron chi connectivity index (χ2n) is 5.64. The van der Waals surface area contributed by atoms with Crippen LogP contribution in [0.3, 0.4) is 0 Å². The van der Waals surface area contributed by atoms with Gasteiger partial charge in [0.2, 0.25) is 5.91 Å². The van der Waals surface area contributed by atoms with Gasteiger partial charge in [-0.2, -0.15) is 5.26 Å². The molecular formula is C16H17N3O2. The van der Waals surface area contributed by atoms with E-state index in [1.54, 1.807) is 29.2 Å². The third-order valence-corrected chi connectivity index (χ3v) is 4.50. The van der Waals surface area contributed by atoms with E-state index in [1.807, 2.05) is 6.07 Å². The summed E-state index contributed by atoms with van der Waals surface area (Å²) >= 11 is 0. The molecule has 108 valence electrons. The van der Waals surface area contributed by atoms with Crippen molar-refractivity contribution in [1.29, 1.82) is 5.26 Å². The molecule has 0 radical (unpaired) electrons. The Morgan fingerprint density at radius 1 is 1.24 bits per heavy atom. The summed E-state index contributed by atoms with van der Waals surface area (Å²) in [6.45, 7) is 1.05. The molecule has 0 atom stereocenters. The first-order chi connectivity index (χ1) is 10.2. The largest absolute Gasteiger partial charge is 0.352 e. The van der Waals surface area contributed by atoms with Crippen LogP contribution in [0.2, 0.25) is 0 Å². The molecule has 21 heavy (non-hydrogen) atoms. The standard InChI is InChI=1S/C16H17N3O2/c17-11-12-3-5-13(6-4-12)14(20)19-10-9-18-15(21)16(19)7-1-2-8-16/h3-6H,1-2,7-10H2,(H,18,21). The van der Waals surface area contributed by atoms with Gasteiger partial charge in [-0.15, -0.1) is 0 Å². The van der Waals surface area contributed by atoms with Gasteiger partial charge in [-0.1, -0.05) is 12.8 Å². The minimum absolute atomic E-state index is 0.0201. The van der Waals surface area contributed by atoms with E-state index in [-0.39, 0.29) is 11.8 Å². The number of benzene rings is 1. The van der Waals surface area contributed by atoms with Crippen molar-refractivity contribution in [3.63, 3.8) is 0 Å². The summed E-state index contributed by atoms with van der Waals surface area (Å²) in [6.07, 6.45) is 3.43. The van der Waals surface area contributed by atoms with Crippen LogP contribution >= 0.6 is 0 Å². The predicted molar refractivity (Wildman–Crippen MR) is 76.4 cm³/mol. The molecule has 1 aliphatic carbocycles. The van der Waals surface area contributed by atoms with Gasteiger partial charge in [0.05, 0.1) is 11.6 Å². The van der Waals surface area contributed by atoms with E-state index in [0.717, 1.165) is 25.7 Å². The van der Waals surface area contributed by atoms with Crippen molar-refractivity contribution in [3.8, 4) is 6.07 Å². The molecule has 0 bridgehead atoms. The normalized spacial score (nSPS) is 20.1. The van der Waals surface area contributed by atoms with Gasteiger partial charge in [0.15, 0.2) is 0 Å². The maximum absolute atomic E-state index is 12.8. The molecule has 2 fully saturated rings. The van der Waals surface area contributed by atoms with Gasteiger partial charge >= 0.3 is 0 Å². The Kier molecular flexibility index (Phi) is 3.38. The second kappa shape index (κ2) is 5.21. The number of piperazine rings is 1. The fourth-order valence-electron chi connectivity index (χ4n) is 3.38. The number of rotatable bonds is 1. The van der Waals surface area contributed by atoms with Gasteiger partial charge < -0.3 is 10.2 Å². The SMILES string of the molecule is N#Cc1ccc(C(=O)N2CCNC(=O)C23CCCC3)cc1. The van der Waals surface area contributed by atoms with Crippen LogP contribution in [0, 0.1) is 11.3 Å². The van der Waals surface area contributed by atoms with Crippen molar-refractivity contribution in [1.82, 2.24) is 10.2 Å². The smallest absolute Gasteiger partial charge is 0.254 e. The van der Waals surface area contributed by atoms with Crippen molar-refractivity contribution in [2.75, 3.05) is 13.1 Å². The number of carbonyl (C=O) groups is 2. The minimum Gasteiger partial charge on any atom is -0.352 e. The average molecular weight is 283 g/mol. The second-order valence-corrected chi connectivity index (χ2v) is 5.64. The van der Waals surface area contributed by atoms with Crippen LogP contribution in [-0.2, 0) is 4.79 Å². The third kappa shape index (κ3) is 2.17. The number of hydrogen-bond donors (Lipinski definition) is 1. The first kappa shape index (κ1) is 13.6. The van der Waals surface area contributed by atoms with E-state index in [4.69, 9.17) is 5.26 Å². The van der Waals surface area contributed by atoms with Crippen molar-refractivity contribution < 1.29 is 9.59 Å². The minimum atomic E-state index is -0.663. The molecule has 5 heteroatoms. The molecule has 1 aliphatic heterocycles. The van der Waals surface area contributed by atoms with Crippen molar-refractivity contribution in [2.24, 2.45) is 0 Å². The highest BCUT2D eigenvalue weighted by molar-refractivity contribution is 6.00. The van der Waals surface area contributed by atoms with Crippen LogP contribution in [0.4, 0.5) is 0 Å². The molecule has 0 unspecified atom stereocenters. The molecule has 2 aliphatic rings. The number of amides is 2. The van der Waals surface area contributed by atoms with Gasteiger partial charge in [-0.05, 0) is 37.1 Å². The molecule has 2 amide bonds. The molecule has 1 aromatic carbocycles. The van der Waals surface area contributed by atoms with Gasteiger partial charge in [0.1, 0.15) is 5.54 Å². The maximum Gasteiger partial charge on any atom is 0.254 e. The summed E-state index contributed by atoms with van der Waals surface area (Å²) in [4.78, 5) is 26.8. The fourth-order valence-corrected chi connectivity index (χ4v) is 3.38. The van der Waals surface area contributed by atoms with Crippen LogP contribution in [0.15, 0.2) is 24.3 Å². The van der Waals surface area contributed by atoms with Crippen molar-refractivity contribution >= 4 is 11.8 Å². The lowest BCUT2D eigenvalue weighted by atomic mass is 9.90. The molecule has 3 rings (SSSR count). The number of nitrogens with zero attached hydrogens (tertiary/aromatic N) is 2. The van der Waals surface area contributed by atoms with Crippen LogP contribution in [0.1, 0.15) is 41.6 Å². The van der Waals surface area contributed by atoms with Gasteiger partial charge in [0, 0.05) is 18.7 Å². The molecular weight excluding hydrogens is 266 g/mol. The lowest BCUT2D eigenvalue weighted by Gasteiger charge is -2.43. The van der Waals surface area contributed by atoms with E-state index < -0.39 is 5.54 Å². The Morgan fingerprint density at radius 2 is 1.90 bits per heavy atom. The number of hydrogen-bond acceptors (Lipinski definition) is 3. The molecule has 1 saturated heterocycles. The quantitative estimate of drug-likeness (QED) is 0.847. The highest BCUT2D eigenvalue weighted by atomic mass is 16.2. The highest BCUT2D eigenvalue weighted by Gasteiger charge is 2.50. The summed E-state index contributed by atoms with van der Waals surface area (Å²) in [6, 6.07) is 8.64. The monoisotopic (exact) mass is 283 g/mol. The zero-order valence-electron chi connectivity index (χ0n) is 11.8. The summed E-state index contributed by atoms with van der Waals surface area (Å²) in [7, 11) is 0. The molecule has 1 heterocycles. The fraction of sp³-hybridized carbons (Fsp3) is 0.438. The van der Waals surface area contributed by atoms with Crippen LogP contribution in [-0.4, -0.2) is 35.3 Å². The van der Waals surface area contributed by atoms with E-state index in [2.05, 4.69) is 5.32 Å². The van der Waals surface area contributed by atoms with Crippen LogP contribution < -0.4 is 5.32 Å². The number of nitriles is 1. The Bertz CT molecular complexity index is 609. The Hall–Kier alpha value is -2.35. The summed E-state index contributed by atoms with van der Waals surface area (Å²) in [5, 5.41) is 11.7. The van der Waals surface area contributed by atoms with Gasteiger partial charge in [-0.25, -0.2) is 0 Å². The number of carbonyl (C=O) groups excluding carboxylic acids is 2. The van der Waals surface area contributed by atoms with Crippen LogP contribution in [0.5, 0.6) is 0 Å². The Labute approximate surface area is 123 Å². The molecule has 0 aromatic heterocycles. The first-order valence-electron chi connectivity index (χ1n) is 7.28. The van der Waals surface area contributed by atoms with E-state index in [1.165, 1.54) is 0 Å². The predicted octanol–water partition coefficient (Wildman–Crippen LogP) is 1.44. The molecule has 1 spiro atoms. The molecule has 1 saturated carbocycles. The Balaban J connectivity index is 1.91. The summed E-state index contributed by atoms with van der Waals surface area (Å²) in [5.41, 5.74) is 0.400. The maximum atomic E-state index is 12.8. The van der Waals surface area contributed by atoms with Gasteiger partial charge in [-0.3, -0.25) is 9.59 Å². The highest BCUT2D eigenvalue weighted by Crippen LogP contribution is 2.37. The average Bonchev–Trinajstić information content (AvgIpc) is 3.00. The Morgan fingerprint density at radius 3 is 2.52 bits per heavy atom. The van der Waals surface area contributed by atoms with Gasteiger partial charge in [0.25, 0.3) is 5.91 Å². The first-order valence-corrected chi connectivity index (χ1v) is 7.28. The van der Waals surface area contributed by atoms with Crippen molar-refractivity contribution in [3.05, 3.63) is 35.4 Å². The lowest BCUT2D eigenvalue weighted by molar-refractivity contribution is -0.134.